The van der Waals surface area contributed by atoms with E-state index in [4.69, 9.17) is 0 Å². The van der Waals surface area contributed by atoms with Gasteiger partial charge < -0.3 is 10.2 Å². The molecule has 0 radical (unpaired) electrons. The van der Waals surface area contributed by atoms with Crippen LogP contribution >= 0.6 is 11.3 Å². The van der Waals surface area contributed by atoms with Gasteiger partial charge >= 0.3 is 6.03 Å². The fraction of sp³-hybridized carbons (Fsp3) is 0.529. The highest BCUT2D eigenvalue weighted by Crippen LogP contribution is 2.37. The van der Waals surface area contributed by atoms with Crippen molar-refractivity contribution >= 4 is 17.4 Å². The average molecular weight is 332 g/mol. The molecule has 1 N–H and O–H groups in total. The standard InChI is InChI=1S/C17H24N4OS/c1-20(11-13-10-18-21(2)12-13)17(22)19-16(14-6-3-4-7-14)15-8-5-9-23-15/h5,8-10,12,14,16H,3-4,6-7,11H2,1-2H3,(H,19,22)/t16-/m0/s1. The van der Waals surface area contributed by atoms with E-state index < -0.39 is 0 Å². The second-order valence-electron chi connectivity index (χ2n) is 6.37. The number of nitrogens with zero attached hydrogens (tertiary/aromatic N) is 3. The molecule has 2 heterocycles. The molecule has 1 aliphatic carbocycles. The first-order valence-electron chi connectivity index (χ1n) is 8.16. The molecule has 0 saturated heterocycles. The first kappa shape index (κ1) is 16.1. The van der Waals surface area contributed by atoms with E-state index in [1.54, 1.807) is 27.1 Å². The second-order valence-corrected chi connectivity index (χ2v) is 7.34. The van der Waals surface area contributed by atoms with Gasteiger partial charge in [-0.15, -0.1) is 11.3 Å². The molecule has 6 heteroatoms. The van der Waals surface area contributed by atoms with Crippen LogP contribution in [0.1, 0.15) is 42.2 Å². The SMILES string of the molecule is CN(Cc1cnn(C)c1)C(=O)N[C@H](c1cccs1)C1CCCC1. The Kier molecular flexibility index (Phi) is 5.00. The van der Waals surface area contributed by atoms with Gasteiger partial charge in [-0.3, -0.25) is 4.68 Å². The van der Waals surface area contributed by atoms with E-state index in [-0.39, 0.29) is 12.1 Å². The Bertz CT molecular complexity index is 631. The summed E-state index contributed by atoms with van der Waals surface area (Å²) in [5.74, 6) is 0.560. The zero-order valence-electron chi connectivity index (χ0n) is 13.7. The summed E-state index contributed by atoms with van der Waals surface area (Å²) in [5, 5.41) is 9.50. The normalized spacial score (nSPS) is 16.4. The molecular formula is C17H24N4OS. The molecule has 124 valence electrons. The summed E-state index contributed by atoms with van der Waals surface area (Å²) < 4.78 is 1.76. The highest BCUT2D eigenvalue weighted by atomic mass is 32.1. The van der Waals surface area contributed by atoms with E-state index in [2.05, 4.69) is 27.9 Å². The van der Waals surface area contributed by atoms with E-state index in [0.29, 0.717) is 12.5 Å². The van der Waals surface area contributed by atoms with Gasteiger partial charge in [0.05, 0.1) is 18.8 Å². The molecule has 1 aliphatic rings. The molecule has 1 atom stereocenters. The maximum absolute atomic E-state index is 12.6. The molecular weight excluding hydrogens is 308 g/mol. The third kappa shape index (κ3) is 3.93. The summed E-state index contributed by atoms with van der Waals surface area (Å²) in [6.45, 7) is 0.571. The van der Waals surface area contributed by atoms with Crippen LogP contribution in [0.4, 0.5) is 4.79 Å². The number of urea groups is 1. The Labute approximate surface area is 141 Å². The Morgan fingerprint density at radius 1 is 1.52 bits per heavy atom. The smallest absolute Gasteiger partial charge is 0.317 e. The van der Waals surface area contributed by atoms with Gasteiger partial charge in [-0.05, 0) is 30.2 Å². The van der Waals surface area contributed by atoms with Crippen LogP contribution < -0.4 is 5.32 Å². The Hall–Kier alpha value is -1.82. The van der Waals surface area contributed by atoms with Crippen molar-refractivity contribution in [1.82, 2.24) is 20.0 Å². The predicted molar refractivity (Wildman–Crippen MR) is 92.2 cm³/mol. The number of aryl methyl sites for hydroxylation is 1. The third-order valence-corrected chi connectivity index (χ3v) is 5.48. The lowest BCUT2D eigenvalue weighted by molar-refractivity contribution is 0.197. The van der Waals surface area contributed by atoms with Crippen LogP contribution in [0.25, 0.3) is 0 Å². The van der Waals surface area contributed by atoms with Crippen LogP contribution in [0.15, 0.2) is 29.9 Å². The van der Waals surface area contributed by atoms with Gasteiger partial charge in [-0.1, -0.05) is 18.9 Å². The highest BCUT2D eigenvalue weighted by molar-refractivity contribution is 7.10. The predicted octanol–water partition coefficient (Wildman–Crippen LogP) is 3.55. The number of nitrogens with one attached hydrogen (secondary N) is 1. The second kappa shape index (κ2) is 7.17. The van der Waals surface area contributed by atoms with Gasteiger partial charge in [0, 0.05) is 30.7 Å². The molecule has 3 rings (SSSR count). The van der Waals surface area contributed by atoms with Crippen LogP contribution in [0.5, 0.6) is 0 Å². The molecule has 2 aromatic rings. The summed E-state index contributed by atoms with van der Waals surface area (Å²) in [4.78, 5) is 15.6. The van der Waals surface area contributed by atoms with Crippen molar-refractivity contribution in [3.05, 3.63) is 40.3 Å². The van der Waals surface area contributed by atoms with Crippen LogP contribution in [0.3, 0.4) is 0 Å². The van der Waals surface area contributed by atoms with Crippen molar-refractivity contribution in [2.45, 2.75) is 38.3 Å². The minimum atomic E-state index is -0.0147. The molecule has 0 bridgehead atoms. The number of amides is 2. The monoisotopic (exact) mass is 332 g/mol. The number of aromatic nitrogens is 2. The van der Waals surface area contributed by atoms with Crippen molar-refractivity contribution in [1.29, 1.82) is 0 Å². The molecule has 0 aromatic carbocycles. The van der Waals surface area contributed by atoms with Gasteiger partial charge in [0.15, 0.2) is 0 Å². The summed E-state index contributed by atoms with van der Waals surface area (Å²) in [7, 11) is 3.72. The van der Waals surface area contributed by atoms with Crippen molar-refractivity contribution in [3.63, 3.8) is 0 Å². The van der Waals surface area contributed by atoms with Gasteiger partial charge in [-0.25, -0.2) is 4.79 Å². The first-order valence-corrected chi connectivity index (χ1v) is 9.04. The van der Waals surface area contributed by atoms with Gasteiger partial charge in [0.25, 0.3) is 0 Å². The molecule has 5 nitrogen and oxygen atoms in total. The van der Waals surface area contributed by atoms with Crippen molar-refractivity contribution < 1.29 is 4.79 Å². The Morgan fingerprint density at radius 2 is 2.30 bits per heavy atom. The van der Waals surface area contributed by atoms with Crippen LogP contribution in [-0.2, 0) is 13.6 Å². The average Bonchev–Trinajstić information content (AvgIpc) is 3.27. The fourth-order valence-corrected chi connectivity index (χ4v) is 4.19. The minimum absolute atomic E-state index is 0.0147. The van der Waals surface area contributed by atoms with Gasteiger partial charge in [0.1, 0.15) is 0 Å². The van der Waals surface area contributed by atoms with E-state index in [9.17, 15) is 4.79 Å². The number of hydrogen-bond donors (Lipinski definition) is 1. The molecule has 0 aliphatic heterocycles. The molecule has 1 fully saturated rings. The number of rotatable bonds is 5. The minimum Gasteiger partial charge on any atom is -0.330 e. The van der Waals surface area contributed by atoms with Crippen LogP contribution in [0, 0.1) is 5.92 Å². The van der Waals surface area contributed by atoms with E-state index in [0.717, 1.165) is 5.56 Å². The number of thiophene rings is 1. The molecule has 23 heavy (non-hydrogen) atoms. The lowest BCUT2D eigenvalue weighted by Crippen LogP contribution is -2.40. The summed E-state index contributed by atoms with van der Waals surface area (Å²) >= 11 is 1.73. The lowest BCUT2D eigenvalue weighted by Gasteiger charge is -2.27. The third-order valence-electron chi connectivity index (χ3n) is 4.52. The maximum atomic E-state index is 12.6. The largest absolute Gasteiger partial charge is 0.330 e. The van der Waals surface area contributed by atoms with Crippen molar-refractivity contribution in [2.24, 2.45) is 13.0 Å². The molecule has 1 saturated carbocycles. The van der Waals surface area contributed by atoms with Crippen LogP contribution in [0.2, 0.25) is 0 Å². The Balaban J connectivity index is 1.65. The summed E-state index contributed by atoms with van der Waals surface area (Å²) in [5.41, 5.74) is 1.04. The van der Waals surface area contributed by atoms with Gasteiger partial charge in [0.2, 0.25) is 0 Å². The van der Waals surface area contributed by atoms with E-state index >= 15 is 0 Å². The Morgan fingerprint density at radius 3 is 2.91 bits per heavy atom. The van der Waals surface area contributed by atoms with Gasteiger partial charge in [-0.2, -0.15) is 5.10 Å². The fourth-order valence-electron chi connectivity index (χ4n) is 3.32. The first-order chi connectivity index (χ1) is 11.1. The topological polar surface area (TPSA) is 50.2 Å². The lowest BCUT2D eigenvalue weighted by atomic mass is 9.97. The molecule has 0 unspecified atom stereocenters. The molecule has 2 aromatic heterocycles. The molecule has 0 spiro atoms. The summed E-state index contributed by atoms with van der Waals surface area (Å²) in [6.07, 6.45) is 8.70. The van der Waals surface area contributed by atoms with E-state index in [1.807, 2.05) is 20.3 Å². The number of carbonyl (C=O) groups excluding carboxylic acids is 1. The quantitative estimate of drug-likeness (QED) is 0.910. The summed E-state index contributed by atoms with van der Waals surface area (Å²) in [6, 6.07) is 4.32. The zero-order valence-corrected chi connectivity index (χ0v) is 14.6. The number of carbonyl (C=O) groups is 1. The van der Waals surface area contributed by atoms with Crippen LogP contribution in [-0.4, -0.2) is 27.8 Å². The van der Waals surface area contributed by atoms with E-state index in [1.165, 1.54) is 30.6 Å². The highest BCUT2D eigenvalue weighted by Gasteiger charge is 2.29. The van der Waals surface area contributed by atoms with Crippen molar-refractivity contribution in [3.8, 4) is 0 Å². The molecule has 2 amide bonds. The maximum Gasteiger partial charge on any atom is 0.317 e. The number of hydrogen-bond acceptors (Lipinski definition) is 3. The van der Waals surface area contributed by atoms with Crippen molar-refractivity contribution in [2.75, 3.05) is 7.05 Å². The zero-order chi connectivity index (χ0) is 16.2.